The summed E-state index contributed by atoms with van der Waals surface area (Å²) in [6.45, 7) is 0.674. The maximum absolute atomic E-state index is 12.0. The molecule has 0 fully saturated rings. The van der Waals surface area contributed by atoms with Crippen LogP contribution in [-0.4, -0.2) is 34.9 Å². The quantitative estimate of drug-likeness (QED) is 0.761. The minimum Gasteiger partial charge on any atom is -0.365 e. The number of aryl methyl sites for hydroxylation is 2. The molecule has 0 saturated carbocycles. The Morgan fingerprint density at radius 2 is 1.92 bits per heavy atom. The summed E-state index contributed by atoms with van der Waals surface area (Å²) in [6.07, 6.45) is 6.45. The number of hydrogen-bond acceptors (Lipinski definition) is 5. The van der Waals surface area contributed by atoms with Gasteiger partial charge in [0.25, 0.3) is 5.91 Å². The molecule has 0 aliphatic heterocycles. The maximum atomic E-state index is 12.0. The van der Waals surface area contributed by atoms with E-state index in [0.717, 1.165) is 29.1 Å². The van der Waals surface area contributed by atoms with E-state index in [1.165, 1.54) is 28.7 Å². The molecule has 0 atom stereocenters. The van der Waals surface area contributed by atoms with E-state index >= 15 is 0 Å². The lowest BCUT2D eigenvalue weighted by Gasteiger charge is -2.13. The first kappa shape index (κ1) is 17.0. The first-order chi connectivity index (χ1) is 12.6. The van der Waals surface area contributed by atoms with Crippen molar-refractivity contribution >= 4 is 33.3 Å². The summed E-state index contributed by atoms with van der Waals surface area (Å²) < 4.78 is 0. The highest BCUT2D eigenvalue weighted by Crippen LogP contribution is 2.38. The van der Waals surface area contributed by atoms with Gasteiger partial charge in [-0.05, 0) is 48.9 Å². The summed E-state index contributed by atoms with van der Waals surface area (Å²) in [5.74, 6) is 0.940. The standard InChI is InChI=1S/C20H22N4OS/c1-24(2)20(25)14-9-7-13(8-10-14)11-21-18-17-15-5-3-4-6-16(15)26-19(17)23-12-22-18/h7-10,12H,3-6,11H2,1-2H3,(H,21,22,23). The van der Waals surface area contributed by atoms with E-state index in [4.69, 9.17) is 0 Å². The Labute approximate surface area is 157 Å². The number of nitrogens with zero attached hydrogens (tertiary/aromatic N) is 3. The van der Waals surface area contributed by atoms with E-state index in [2.05, 4.69) is 15.3 Å². The van der Waals surface area contributed by atoms with Crippen LogP contribution in [0.3, 0.4) is 0 Å². The lowest BCUT2D eigenvalue weighted by atomic mass is 9.97. The van der Waals surface area contributed by atoms with Gasteiger partial charge in [0.1, 0.15) is 17.0 Å². The fraction of sp³-hybridized carbons (Fsp3) is 0.350. The molecule has 26 heavy (non-hydrogen) atoms. The Kier molecular flexibility index (Phi) is 4.59. The number of nitrogens with one attached hydrogen (secondary N) is 1. The summed E-state index contributed by atoms with van der Waals surface area (Å²) in [5.41, 5.74) is 3.26. The van der Waals surface area contributed by atoms with Crippen LogP contribution in [0.4, 0.5) is 5.82 Å². The molecule has 134 valence electrons. The number of amides is 1. The summed E-state index contributed by atoms with van der Waals surface area (Å²) in [6, 6.07) is 7.74. The zero-order valence-corrected chi connectivity index (χ0v) is 15.9. The van der Waals surface area contributed by atoms with Crippen molar-refractivity contribution in [3.63, 3.8) is 0 Å². The van der Waals surface area contributed by atoms with Crippen LogP contribution in [0, 0.1) is 0 Å². The number of thiophene rings is 1. The highest BCUT2D eigenvalue weighted by Gasteiger charge is 2.19. The fourth-order valence-electron chi connectivity index (χ4n) is 3.43. The van der Waals surface area contributed by atoms with Crippen molar-refractivity contribution < 1.29 is 4.79 Å². The first-order valence-electron chi connectivity index (χ1n) is 8.93. The molecule has 6 heteroatoms. The second kappa shape index (κ2) is 7.03. The van der Waals surface area contributed by atoms with Gasteiger partial charge in [0, 0.05) is 31.1 Å². The second-order valence-corrected chi connectivity index (χ2v) is 7.95. The van der Waals surface area contributed by atoms with Gasteiger partial charge in [0.05, 0.1) is 5.39 Å². The zero-order chi connectivity index (χ0) is 18.1. The van der Waals surface area contributed by atoms with Gasteiger partial charge < -0.3 is 10.2 Å². The van der Waals surface area contributed by atoms with Crippen LogP contribution in [0.2, 0.25) is 0 Å². The number of fused-ring (bicyclic) bond motifs is 3. The molecule has 0 unspecified atom stereocenters. The summed E-state index contributed by atoms with van der Waals surface area (Å²) >= 11 is 1.81. The largest absolute Gasteiger partial charge is 0.365 e. The molecule has 3 aromatic rings. The topological polar surface area (TPSA) is 58.1 Å². The fourth-order valence-corrected chi connectivity index (χ4v) is 4.66. The van der Waals surface area contributed by atoms with Crippen molar-refractivity contribution in [3.8, 4) is 0 Å². The number of hydrogen-bond donors (Lipinski definition) is 1. The highest BCUT2D eigenvalue weighted by molar-refractivity contribution is 7.19. The molecule has 1 N–H and O–H groups in total. The third kappa shape index (κ3) is 3.17. The number of anilines is 1. The number of carbonyl (C=O) groups is 1. The molecular weight excluding hydrogens is 344 g/mol. The van der Waals surface area contributed by atoms with Crippen molar-refractivity contribution in [2.24, 2.45) is 0 Å². The average molecular weight is 366 g/mol. The van der Waals surface area contributed by atoms with E-state index in [0.29, 0.717) is 12.1 Å². The van der Waals surface area contributed by atoms with Crippen LogP contribution in [-0.2, 0) is 19.4 Å². The van der Waals surface area contributed by atoms with Crippen molar-refractivity contribution in [2.75, 3.05) is 19.4 Å². The third-order valence-electron chi connectivity index (χ3n) is 4.82. The van der Waals surface area contributed by atoms with E-state index in [9.17, 15) is 4.79 Å². The Morgan fingerprint density at radius 3 is 2.69 bits per heavy atom. The third-order valence-corrected chi connectivity index (χ3v) is 6.02. The molecule has 0 radical (unpaired) electrons. The molecule has 4 rings (SSSR count). The summed E-state index contributed by atoms with van der Waals surface area (Å²) in [5, 5.41) is 4.67. The Bertz CT molecular complexity index is 946. The van der Waals surface area contributed by atoms with Crippen molar-refractivity contribution in [1.82, 2.24) is 14.9 Å². The van der Waals surface area contributed by atoms with Gasteiger partial charge in [0.2, 0.25) is 0 Å². The minimum absolute atomic E-state index is 0.0203. The lowest BCUT2D eigenvalue weighted by molar-refractivity contribution is 0.0827. The second-order valence-electron chi connectivity index (χ2n) is 6.86. The van der Waals surface area contributed by atoms with Gasteiger partial charge in [-0.15, -0.1) is 11.3 Å². The molecule has 0 bridgehead atoms. The molecule has 1 amide bonds. The van der Waals surface area contributed by atoms with Crippen LogP contribution >= 0.6 is 11.3 Å². The first-order valence-corrected chi connectivity index (χ1v) is 9.75. The van der Waals surface area contributed by atoms with Gasteiger partial charge in [-0.1, -0.05) is 12.1 Å². The number of aromatic nitrogens is 2. The van der Waals surface area contributed by atoms with Crippen molar-refractivity contribution in [1.29, 1.82) is 0 Å². The van der Waals surface area contributed by atoms with Crippen LogP contribution in [0.5, 0.6) is 0 Å². The summed E-state index contributed by atoms with van der Waals surface area (Å²) in [7, 11) is 3.53. The van der Waals surface area contributed by atoms with Crippen LogP contribution in [0.15, 0.2) is 30.6 Å². The van der Waals surface area contributed by atoms with Crippen molar-refractivity contribution in [3.05, 3.63) is 52.2 Å². The van der Waals surface area contributed by atoms with Crippen LogP contribution in [0.25, 0.3) is 10.2 Å². The molecule has 1 aromatic carbocycles. The van der Waals surface area contributed by atoms with E-state index < -0.39 is 0 Å². The smallest absolute Gasteiger partial charge is 0.253 e. The molecule has 0 saturated heterocycles. The SMILES string of the molecule is CN(C)C(=O)c1ccc(CNc2ncnc3sc4c(c23)CCCC4)cc1. The number of rotatable bonds is 4. The predicted octanol–water partition coefficient (Wildman–Crippen LogP) is 3.88. The Balaban J connectivity index is 1.55. The molecule has 1 aliphatic carbocycles. The molecule has 2 heterocycles. The molecule has 5 nitrogen and oxygen atoms in total. The van der Waals surface area contributed by atoms with Crippen LogP contribution in [0.1, 0.15) is 39.2 Å². The van der Waals surface area contributed by atoms with Gasteiger partial charge >= 0.3 is 0 Å². The zero-order valence-electron chi connectivity index (χ0n) is 15.1. The van der Waals surface area contributed by atoms with Gasteiger partial charge in [0.15, 0.2) is 0 Å². The highest BCUT2D eigenvalue weighted by atomic mass is 32.1. The Hall–Kier alpha value is -2.47. The van der Waals surface area contributed by atoms with Gasteiger partial charge in [-0.2, -0.15) is 0 Å². The van der Waals surface area contributed by atoms with E-state index in [1.807, 2.05) is 35.6 Å². The molecule has 2 aromatic heterocycles. The van der Waals surface area contributed by atoms with Crippen molar-refractivity contribution in [2.45, 2.75) is 32.2 Å². The Morgan fingerprint density at radius 1 is 1.15 bits per heavy atom. The minimum atomic E-state index is 0.0203. The summed E-state index contributed by atoms with van der Waals surface area (Å²) in [4.78, 5) is 25.1. The van der Waals surface area contributed by atoms with E-state index in [1.54, 1.807) is 25.3 Å². The maximum Gasteiger partial charge on any atom is 0.253 e. The van der Waals surface area contributed by atoms with Gasteiger partial charge in [-0.25, -0.2) is 9.97 Å². The monoisotopic (exact) mass is 366 g/mol. The normalized spacial score (nSPS) is 13.5. The van der Waals surface area contributed by atoms with Gasteiger partial charge in [-0.3, -0.25) is 4.79 Å². The molecule has 0 spiro atoms. The number of carbonyl (C=O) groups excluding carboxylic acids is 1. The number of benzene rings is 1. The molecular formula is C20H22N4OS. The lowest BCUT2D eigenvalue weighted by Crippen LogP contribution is -2.21. The average Bonchev–Trinajstić information content (AvgIpc) is 3.05. The predicted molar refractivity (Wildman–Crippen MR) is 106 cm³/mol. The van der Waals surface area contributed by atoms with Crippen LogP contribution < -0.4 is 5.32 Å². The van der Waals surface area contributed by atoms with E-state index in [-0.39, 0.29) is 5.91 Å². The molecule has 1 aliphatic rings.